The molecule has 1 aromatic carbocycles. The van der Waals surface area contributed by atoms with Crippen molar-refractivity contribution >= 4 is 33.5 Å². The van der Waals surface area contributed by atoms with Crippen LogP contribution in [-0.4, -0.2) is 36.5 Å². The Morgan fingerprint density at radius 2 is 2.19 bits per heavy atom. The lowest BCUT2D eigenvalue weighted by molar-refractivity contribution is -0.142. The van der Waals surface area contributed by atoms with E-state index in [2.05, 4.69) is 15.9 Å². The number of nitrogens with zero attached hydrogens (tertiary/aromatic N) is 1. The van der Waals surface area contributed by atoms with E-state index < -0.39 is 0 Å². The average molecular weight is 355 g/mol. The number of likely N-dealkylation sites (tertiary alicyclic amines) is 1. The third-order valence-electron chi connectivity index (χ3n) is 3.78. The van der Waals surface area contributed by atoms with Gasteiger partial charge in [-0.05, 0) is 47.3 Å². The number of benzene rings is 1. The van der Waals surface area contributed by atoms with Crippen molar-refractivity contribution in [1.82, 2.24) is 4.90 Å². The molecule has 1 heterocycles. The monoisotopic (exact) mass is 354 g/mol. The largest absolute Gasteiger partial charge is 0.469 e. The summed E-state index contributed by atoms with van der Waals surface area (Å²) < 4.78 is 5.33. The van der Waals surface area contributed by atoms with Crippen LogP contribution in [0.4, 0.5) is 5.69 Å². The standard InChI is InChI=1S/C15H19BrN2O3/c1-21-13(19)9-10-5-2-3-8-18(10)15(20)11-6-4-7-12(17)14(11)16/h4,6-7,10H,2-3,5,8-9,17H2,1H3. The van der Waals surface area contributed by atoms with Crippen LogP contribution in [0.3, 0.4) is 0 Å². The van der Waals surface area contributed by atoms with Crippen LogP contribution < -0.4 is 5.73 Å². The van der Waals surface area contributed by atoms with Crippen LogP contribution in [0.2, 0.25) is 0 Å². The van der Waals surface area contributed by atoms with Crippen molar-refractivity contribution in [2.24, 2.45) is 0 Å². The molecule has 2 N–H and O–H groups in total. The summed E-state index contributed by atoms with van der Waals surface area (Å²) in [7, 11) is 1.37. The highest BCUT2D eigenvalue weighted by Crippen LogP contribution is 2.28. The van der Waals surface area contributed by atoms with Crippen LogP contribution in [0.5, 0.6) is 0 Å². The Kier molecular flexibility index (Phi) is 5.22. The maximum atomic E-state index is 12.7. The first kappa shape index (κ1) is 15.8. The molecule has 0 aliphatic carbocycles. The fraction of sp³-hybridized carbons (Fsp3) is 0.467. The van der Waals surface area contributed by atoms with Gasteiger partial charge in [-0.2, -0.15) is 0 Å². The Hall–Kier alpha value is -1.56. The van der Waals surface area contributed by atoms with Crippen molar-refractivity contribution in [3.05, 3.63) is 28.2 Å². The van der Waals surface area contributed by atoms with Gasteiger partial charge in [0.25, 0.3) is 5.91 Å². The van der Waals surface area contributed by atoms with Gasteiger partial charge in [-0.25, -0.2) is 0 Å². The Bertz CT molecular complexity index is 548. The molecule has 6 heteroatoms. The maximum absolute atomic E-state index is 12.7. The number of piperidine rings is 1. The number of esters is 1. The lowest BCUT2D eigenvalue weighted by Crippen LogP contribution is -2.45. The smallest absolute Gasteiger partial charge is 0.307 e. The van der Waals surface area contributed by atoms with Crippen molar-refractivity contribution in [2.45, 2.75) is 31.7 Å². The molecule has 0 bridgehead atoms. The van der Waals surface area contributed by atoms with Gasteiger partial charge in [0.1, 0.15) is 0 Å². The van der Waals surface area contributed by atoms with Crippen LogP contribution in [0.1, 0.15) is 36.0 Å². The fourth-order valence-corrected chi connectivity index (χ4v) is 3.06. The average Bonchev–Trinajstić information content (AvgIpc) is 2.50. The summed E-state index contributed by atoms with van der Waals surface area (Å²) >= 11 is 3.37. The van der Waals surface area contributed by atoms with Gasteiger partial charge in [0.15, 0.2) is 0 Å². The summed E-state index contributed by atoms with van der Waals surface area (Å²) in [4.78, 5) is 26.0. The van der Waals surface area contributed by atoms with Crippen LogP contribution in [-0.2, 0) is 9.53 Å². The Morgan fingerprint density at radius 3 is 2.90 bits per heavy atom. The molecule has 1 saturated heterocycles. The molecule has 1 amide bonds. The van der Waals surface area contributed by atoms with Gasteiger partial charge in [-0.15, -0.1) is 0 Å². The Labute approximate surface area is 132 Å². The molecule has 1 aromatic rings. The van der Waals surface area contributed by atoms with E-state index >= 15 is 0 Å². The van der Waals surface area contributed by atoms with Gasteiger partial charge in [0.05, 0.1) is 23.6 Å². The van der Waals surface area contributed by atoms with Crippen molar-refractivity contribution in [3.63, 3.8) is 0 Å². The van der Waals surface area contributed by atoms with E-state index in [9.17, 15) is 9.59 Å². The molecule has 2 rings (SSSR count). The number of amides is 1. The Balaban J connectivity index is 2.22. The zero-order valence-corrected chi connectivity index (χ0v) is 13.6. The summed E-state index contributed by atoms with van der Waals surface area (Å²) in [6.07, 6.45) is 3.02. The number of methoxy groups -OCH3 is 1. The number of carbonyl (C=O) groups is 2. The van der Waals surface area contributed by atoms with E-state index in [0.717, 1.165) is 19.3 Å². The van der Waals surface area contributed by atoms with Crippen molar-refractivity contribution in [2.75, 3.05) is 19.4 Å². The molecule has 1 aliphatic heterocycles. The van der Waals surface area contributed by atoms with Crippen molar-refractivity contribution in [1.29, 1.82) is 0 Å². The van der Waals surface area contributed by atoms with E-state index in [-0.39, 0.29) is 24.3 Å². The van der Waals surface area contributed by atoms with Crippen LogP contribution in [0.15, 0.2) is 22.7 Å². The molecule has 21 heavy (non-hydrogen) atoms. The van der Waals surface area contributed by atoms with Crippen molar-refractivity contribution < 1.29 is 14.3 Å². The van der Waals surface area contributed by atoms with Gasteiger partial charge in [0.2, 0.25) is 0 Å². The first-order chi connectivity index (χ1) is 10.0. The molecule has 1 unspecified atom stereocenters. The highest BCUT2D eigenvalue weighted by molar-refractivity contribution is 9.10. The summed E-state index contributed by atoms with van der Waals surface area (Å²) in [5.74, 6) is -0.380. The number of nitrogen functional groups attached to an aromatic ring is 1. The SMILES string of the molecule is COC(=O)CC1CCCCN1C(=O)c1cccc(N)c1Br. The lowest BCUT2D eigenvalue weighted by atomic mass is 9.98. The third-order valence-corrected chi connectivity index (χ3v) is 4.66. The molecule has 0 saturated carbocycles. The predicted octanol–water partition coefficient (Wildman–Crippen LogP) is 2.59. The number of nitrogens with two attached hydrogens (primary N) is 1. The zero-order valence-electron chi connectivity index (χ0n) is 12.0. The zero-order chi connectivity index (χ0) is 15.4. The molecular formula is C15H19BrN2O3. The molecular weight excluding hydrogens is 336 g/mol. The number of halogens is 1. The highest BCUT2D eigenvalue weighted by Gasteiger charge is 2.30. The number of anilines is 1. The predicted molar refractivity (Wildman–Crippen MR) is 83.9 cm³/mol. The number of rotatable bonds is 3. The molecule has 5 nitrogen and oxygen atoms in total. The van der Waals surface area contributed by atoms with E-state index in [0.29, 0.717) is 22.3 Å². The number of hydrogen-bond donors (Lipinski definition) is 1. The second kappa shape index (κ2) is 6.93. The summed E-state index contributed by atoms with van der Waals surface area (Å²) in [5, 5.41) is 0. The molecule has 0 spiro atoms. The molecule has 0 radical (unpaired) electrons. The van der Waals surface area contributed by atoms with Crippen LogP contribution in [0, 0.1) is 0 Å². The highest BCUT2D eigenvalue weighted by atomic mass is 79.9. The van der Waals surface area contributed by atoms with E-state index in [1.54, 1.807) is 23.1 Å². The van der Waals surface area contributed by atoms with E-state index in [1.807, 2.05) is 0 Å². The van der Waals surface area contributed by atoms with Crippen molar-refractivity contribution in [3.8, 4) is 0 Å². The minimum Gasteiger partial charge on any atom is -0.469 e. The topological polar surface area (TPSA) is 72.6 Å². The Morgan fingerprint density at radius 1 is 1.43 bits per heavy atom. The number of hydrogen-bond acceptors (Lipinski definition) is 4. The first-order valence-electron chi connectivity index (χ1n) is 6.96. The van der Waals surface area contributed by atoms with Gasteiger partial charge in [-0.3, -0.25) is 9.59 Å². The maximum Gasteiger partial charge on any atom is 0.307 e. The summed E-state index contributed by atoms with van der Waals surface area (Å²) in [6, 6.07) is 5.13. The lowest BCUT2D eigenvalue weighted by Gasteiger charge is -2.35. The van der Waals surface area contributed by atoms with Gasteiger partial charge < -0.3 is 15.4 Å². The number of ether oxygens (including phenoxy) is 1. The second-order valence-electron chi connectivity index (χ2n) is 5.14. The fourth-order valence-electron chi connectivity index (χ4n) is 2.63. The van der Waals surface area contributed by atoms with Crippen LogP contribution in [0.25, 0.3) is 0 Å². The summed E-state index contributed by atoms with van der Waals surface area (Å²) in [5.41, 5.74) is 6.90. The van der Waals surface area contributed by atoms with Gasteiger partial charge in [0, 0.05) is 18.3 Å². The third kappa shape index (κ3) is 3.56. The minimum atomic E-state index is -0.286. The normalized spacial score (nSPS) is 18.4. The summed E-state index contributed by atoms with van der Waals surface area (Å²) in [6.45, 7) is 0.654. The quantitative estimate of drug-likeness (QED) is 0.668. The minimum absolute atomic E-state index is 0.0946. The number of carbonyl (C=O) groups excluding carboxylic acids is 2. The molecule has 1 atom stereocenters. The van der Waals surface area contributed by atoms with Crippen LogP contribution >= 0.6 is 15.9 Å². The molecule has 0 aromatic heterocycles. The molecule has 1 aliphatic rings. The molecule has 1 fully saturated rings. The van der Waals surface area contributed by atoms with Gasteiger partial charge in [-0.1, -0.05) is 6.07 Å². The first-order valence-corrected chi connectivity index (χ1v) is 7.75. The molecule has 114 valence electrons. The van der Waals surface area contributed by atoms with E-state index in [1.165, 1.54) is 7.11 Å². The van der Waals surface area contributed by atoms with Gasteiger partial charge >= 0.3 is 5.97 Å². The second-order valence-corrected chi connectivity index (χ2v) is 5.93. The van der Waals surface area contributed by atoms with E-state index in [4.69, 9.17) is 10.5 Å².